The molecule has 1 aliphatic carbocycles. The molecule has 1 aromatic rings. The zero-order chi connectivity index (χ0) is 13.4. The highest BCUT2D eigenvalue weighted by molar-refractivity contribution is 5.80. The number of nitrogens with one attached hydrogen (secondary N) is 1. The summed E-state index contributed by atoms with van der Waals surface area (Å²) in [6.07, 6.45) is 2.87. The Labute approximate surface area is 112 Å². The summed E-state index contributed by atoms with van der Waals surface area (Å²) in [5.41, 5.74) is 0.928. The van der Waals surface area contributed by atoms with Gasteiger partial charge in [0.05, 0.1) is 0 Å². The Bertz CT molecular complexity index is 487. The SMILES string of the molecule is C[C@H](N[C@H]1CC(=O)N(C2CC2)C1)c1cccc(F)c1. The van der Waals surface area contributed by atoms with E-state index in [-0.39, 0.29) is 23.8 Å². The second-order valence-corrected chi connectivity index (χ2v) is 5.62. The van der Waals surface area contributed by atoms with Gasteiger partial charge in [0.25, 0.3) is 0 Å². The monoisotopic (exact) mass is 262 g/mol. The van der Waals surface area contributed by atoms with Gasteiger partial charge in [0.1, 0.15) is 5.82 Å². The van der Waals surface area contributed by atoms with Crippen LogP contribution in [0.5, 0.6) is 0 Å². The van der Waals surface area contributed by atoms with Crippen LogP contribution in [0.4, 0.5) is 4.39 Å². The summed E-state index contributed by atoms with van der Waals surface area (Å²) in [5.74, 6) is 0.0414. The molecule has 1 N–H and O–H groups in total. The highest BCUT2D eigenvalue weighted by Crippen LogP contribution is 2.31. The molecule has 2 fully saturated rings. The Morgan fingerprint density at radius 1 is 1.42 bits per heavy atom. The third kappa shape index (κ3) is 2.78. The maximum atomic E-state index is 13.2. The summed E-state index contributed by atoms with van der Waals surface area (Å²) in [6.45, 7) is 2.81. The molecular weight excluding hydrogens is 243 g/mol. The topological polar surface area (TPSA) is 32.3 Å². The summed E-state index contributed by atoms with van der Waals surface area (Å²) in [7, 11) is 0. The van der Waals surface area contributed by atoms with Gasteiger partial charge in [-0.2, -0.15) is 0 Å². The second-order valence-electron chi connectivity index (χ2n) is 5.62. The van der Waals surface area contributed by atoms with E-state index < -0.39 is 0 Å². The molecule has 1 amide bonds. The average molecular weight is 262 g/mol. The Hall–Kier alpha value is -1.42. The largest absolute Gasteiger partial charge is 0.338 e. The number of benzene rings is 1. The summed E-state index contributed by atoms with van der Waals surface area (Å²) in [4.78, 5) is 13.9. The fourth-order valence-electron chi connectivity index (χ4n) is 2.81. The molecule has 0 bridgehead atoms. The standard InChI is InChI=1S/C15H19FN2O/c1-10(11-3-2-4-12(16)7-11)17-13-8-15(19)18(9-13)14-5-6-14/h2-4,7,10,13-14,17H,5-6,8-9H2,1H3/t10-,13-/m0/s1. The lowest BCUT2D eigenvalue weighted by Crippen LogP contribution is -2.35. The van der Waals surface area contributed by atoms with E-state index in [0.29, 0.717) is 12.5 Å². The molecule has 1 heterocycles. The number of rotatable bonds is 4. The third-order valence-corrected chi connectivity index (χ3v) is 3.98. The van der Waals surface area contributed by atoms with Gasteiger partial charge in [-0.1, -0.05) is 12.1 Å². The molecule has 1 saturated heterocycles. The van der Waals surface area contributed by atoms with Crippen LogP contribution in [0.3, 0.4) is 0 Å². The van der Waals surface area contributed by atoms with Crippen LogP contribution in [0.25, 0.3) is 0 Å². The van der Waals surface area contributed by atoms with Crippen molar-refractivity contribution < 1.29 is 9.18 Å². The number of carbonyl (C=O) groups is 1. The van der Waals surface area contributed by atoms with E-state index in [4.69, 9.17) is 0 Å². The number of hydrogen-bond acceptors (Lipinski definition) is 2. The van der Waals surface area contributed by atoms with E-state index in [1.165, 1.54) is 6.07 Å². The number of hydrogen-bond donors (Lipinski definition) is 1. The molecule has 3 rings (SSSR count). The molecule has 0 radical (unpaired) electrons. The van der Waals surface area contributed by atoms with Crippen molar-refractivity contribution in [2.75, 3.05) is 6.54 Å². The van der Waals surface area contributed by atoms with Crippen LogP contribution in [0.2, 0.25) is 0 Å². The molecule has 3 nitrogen and oxygen atoms in total. The first-order valence-electron chi connectivity index (χ1n) is 6.94. The van der Waals surface area contributed by atoms with Gasteiger partial charge in [0, 0.05) is 31.1 Å². The first-order chi connectivity index (χ1) is 9.13. The van der Waals surface area contributed by atoms with Gasteiger partial charge < -0.3 is 10.2 Å². The predicted octanol–water partition coefficient (Wildman–Crippen LogP) is 2.24. The fraction of sp³-hybridized carbons (Fsp3) is 0.533. The Morgan fingerprint density at radius 3 is 2.89 bits per heavy atom. The van der Waals surface area contributed by atoms with Gasteiger partial charge in [-0.3, -0.25) is 4.79 Å². The fourth-order valence-corrected chi connectivity index (χ4v) is 2.81. The lowest BCUT2D eigenvalue weighted by molar-refractivity contribution is -0.128. The highest BCUT2D eigenvalue weighted by atomic mass is 19.1. The van der Waals surface area contributed by atoms with Crippen molar-refractivity contribution in [2.45, 2.75) is 44.3 Å². The molecule has 19 heavy (non-hydrogen) atoms. The Kier molecular flexibility index (Phi) is 3.27. The number of amides is 1. The molecule has 0 spiro atoms. The maximum absolute atomic E-state index is 13.2. The van der Waals surface area contributed by atoms with E-state index in [1.54, 1.807) is 12.1 Å². The minimum absolute atomic E-state index is 0.0626. The predicted molar refractivity (Wildman–Crippen MR) is 71.1 cm³/mol. The smallest absolute Gasteiger partial charge is 0.224 e. The molecule has 1 aliphatic heterocycles. The quantitative estimate of drug-likeness (QED) is 0.902. The Balaban J connectivity index is 1.61. The molecule has 0 unspecified atom stereocenters. The van der Waals surface area contributed by atoms with Crippen molar-refractivity contribution in [2.24, 2.45) is 0 Å². The average Bonchev–Trinajstić information content (AvgIpc) is 3.14. The molecule has 102 valence electrons. The minimum atomic E-state index is -0.215. The number of halogens is 1. The lowest BCUT2D eigenvalue weighted by Gasteiger charge is -2.20. The van der Waals surface area contributed by atoms with Crippen LogP contribution in [0, 0.1) is 5.82 Å². The molecule has 1 aromatic carbocycles. The summed E-state index contributed by atoms with van der Waals surface area (Å²) in [6, 6.07) is 7.37. The van der Waals surface area contributed by atoms with E-state index in [0.717, 1.165) is 24.9 Å². The van der Waals surface area contributed by atoms with Crippen molar-refractivity contribution in [1.29, 1.82) is 0 Å². The van der Waals surface area contributed by atoms with E-state index in [9.17, 15) is 9.18 Å². The van der Waals surface area contributed by atoms with Gasteiger partial charge in [-0.25, -0.2) is 4.39 Å². The van der Waals surface area contributed by atoms with E-state index in [2.05, 4.69) is 5.32 Å². The molecular formula is C15H19FN2O. The van der Waals surface area contributed by atoms with E-state index >= 15 is 0 Å². The maximum Gasteiger partial charge on any atom is 0.224 e. The van der Waals surface area contributed by atoms with Gasteiger partial charge in [0.15, 0.2) is 0 Å². The molecule has 2 atom stereocenters. The normalized spacial score (nSPS) is 24.8. The van der Waals surface area contributed by atoms with Gasteiger partial charge in [-0.15, -0.1) is 0 Å². The molecule has 2 aliphatic rings. The van der Waals surface area contributed by atoms with Crippen LogP contribution < -0.4 is 5.32 Å². The van der Waals surface area contributed by atoms with Crippen LogP contribution in [0.1, 0.15) is 37.8 Å². The Morgan fingerprint density at radius 2 is 2.21 bits per heavy atom. The van der Waals surface area contributed by atoms with Crippen LogP contribution in [0.15, 0.2) is 24.3 Å². The van der Waals surface area contributed by atoms with Crippen molar-refractivity contribution in [3.8, 4) is 0 Å². The highest BCUT2D eigenvalue weighted by Gasteiger charge is 2.39. The molecule has 4 heteroatoms. The van der Waals surface area contributed by atoms with Crippen LogP contribution in [-0.2, 0) is 4.79 Å². The molecule has 1 saturated carbocycles. The number of carbonyl (C=O) groups excluding carboxylic acids is 1. The van der Waals surface area contributed by atoms with Crippen molar-refractivity contribution in [1.82, 2.24) is 10.2 Å². The van der Waals surface area contributed by atoms with Gasteiger partial charge in [0.2, 0.25) is 5.91 Å². The number of nitrogens with zero attached hydrogens (tertiary/aromatic N) is 1. The van der Waals surface area contributed by atoms with Crippen LogP contribution in [-0.4, -0.2) is 29.4 Å². The zero-order valence-corrected chi connectivity index (χ0v) is 11.1. The third-order valence-electron chi connectivity index (χ3n) is 3.98. The molecule has 0 aromatic heterocycles. The summed E-state index contributed by atoms with van der Waals surface area (Å²) in [5, 5.41) is 3.44. The second kappa shape index (κ2) is 4.93. The zero-order valence-electron chi connectivity index (χ0n) is 11.1. The van der Waals surface area contributed by atoms with Crippen molar-refractivity contribution in [3.63, 3.8) is 0 Å². The first-order valence-corrected chi connectivity index (χ1v) is 6.94. The first kappa shape index (κ1) is 12.6. The van der Waals surface area contributed by atoms with Gasteiger partial charge in [-0.05, 0) is 37.5 Å². The van der Waals surface area contributed by atoms with Crippen LogP contribution >= 0.6 is 0 Å². The minimum Gasteiger partial charge on any atom is -0.338 e. The number of likely N-dealkylation sites (tertiary alicyclic amines) is 1. The van der Waals surface area contributed by atoms with Gasteiger partial charge >= 0.3 is 0 Å². The summed E-state index contributed by atoms with van der Waals surface area (Å²) < 4.78 is 13.2. The summed E-state index contributed by atoms with van der Waals surface area (Å²) >= 11 is 0. The van der Waals surface area contributed by atoms with Crippen molar-refractivity contribution >= 4 is 5.91 Å². The lowest BCUT2D eigenvalue weighted by atomic mass is 10.1. The van der Waals surface area contributed by atoms with E-state index in [1.807, 2.05) is 17.9 Å². The van der Waals surface area contributed by atoms with Crippen molar-refractivity contribution in [3.05, 3.63) is 35.6 Å².